The number of amides is 1. The summed E-state index contributed by atoms with van der Waals surface area (Å²) in [6.45, 7) is 6.63. The van der Waals surface area contributed by atoms with Gasteiger partial charge in [-0.3, -0.25) is 4.79 Å². The van der Waals surface area contributed by atoms with Crippen molar-refractivity contribution in [2.45, 2.75) is 76.6 Å². The lowest BCUT2D eigenvalue weighted by atomic mass is 9.92. The zero-order valence-electron chi connectivity index (χ0n) is 14.7. The normalized spacial score (nSPS) is 27.9. The van der Waals surface area contributed by atoms with Crippen LogP contribution in [0.4, 0.5) is 0 Å². The van der Waals surface area contributed by atoms with Crippen LogP contribution < -0.4 is 5.32 Å². The molecule has 0 aromatic carbocycles. The molecule has 2 heterocycles. The molecule has 0 bridgehead atoms. The molecule has 0 unspecified atom stereocenters. The molecule has 1 aliphatic carbocycles. The van der Waals surface area contributed by atoms with Gasteiger partial charge in [-0.05, 0) is 25.7 Å². The minimum atomic E-state index is -0.525. The molecular formula is C18H28N2O4. The lowest BCUT2D eigenvalue weighted by molar-refractivity contribution is -0.130. The molecule has 2 fully saturated rings. The van der Waals surface area contributed by atoms with Crippen molar-refractivity contribution < 1.29 is 19.2 Å². The SMILES string of the molecule is CC(C)(C)c1cc(C[C@@H]2CC[C@H](O)[C@@H](CNC(=O)C3CC3)O2)no1. The van der Waals surface area contributed by atoms with E-state index in [-0.39, 0.29) is 29.4 Å². The van der Waals surface area contributed by atoms with Crippen molar-refractivity contribution in [3.05, 3.63) is 17.5 Å². The van der Waals surface area contributed by atoms with Gasteiger partial charge in [-0.1, -0.05) is 25.9 Å². The summed E-state index contributed by atoms with van der Waals surface area (Å²) in [4.78, 5) is 11.8. The molecule has 1 saturated carbocycles. The van der Waals surface area contributed by atoms with Crippen LogP contribution in [0.3, 0.4) is 0 Å². The van der Waals surface area contributed by atoms with E-state index in [0.717, 1.165) is 30.7 Å². The first-order valence-corrected chi connectivity index (χ1v) is 8.90. The maximum atomic E-state index is 11.8. The number of carbonyl (C=O) groups excluding carboxylic acids is 1. The molecule has 134 valence electrons. The molecular weight excluding hydrogens is 308 g/mol. The highest BCUT2D eigenvalue weighted by molar-refractivity contribution is 5.80. The Morgan fingerprint density at radius 1 is 1.33 bits per heavy atom. The third-order valence-corrected chi connectivity index (χ3v) is 4.74. The van der Waals surface area contributed by atoms with Gasteiger partial charge in [0.15, 0.2) is 0 Å². The van der Waals surface area contributed by atoms with Gasteiger partial charge in [0.05, 0.1) is 17.9 Å². The van der Waals surface area contributed by atoms with Crippen LogP contribution in [0.25, 0.3) is 0 Å². The Bertz CT molecular complexity index is 574. The highest BCUT2D eigenvalue weighted by Gasteiger charge is 2.34. The average molecular weight is 336 g/mol. The van der Waals surface area contributed by atoms with Gasteiger partial charge >= 0.3 is 0 Å². The molecule has 0 spiro atoms. The molecule has 1 aromatic heterocycles. The molecule has 1 aliphatic heterocycles. The molecule has 3 atom stereocenters. The van der Waals surface area contributed by atoms with Gasteiger partial charge in [0.1, 0.15) is 11.9 Å². The van der Waals surface area contributed by atoms with Gasteiger partial charge < -0.3 is 19.7 Å². The van der Waals surface area contributed by atoms with E-state index < -0.39 is 6.10 Å². The van der Waals surface area contributed by atoms with E-state index in [1.807, 2.05) is 6.07 Å². The van der Waals surface area contributed by atoms with Gasteiger partial charge in [-0.25, -0.2) is 0 Å². The van der Waals surface area contributed by atoms with Crippen LogP contribution in [0, 0.1) is 5.92 Å². The molecule has 3 rings (SSSR count). The van der Waals surface area contributed by atoms with Crippen LogP contribution in [0.5, 0.6) is 0 Å². The summed E-state index contributed by atoms with van der Waals surface area (Å²) in [5.74, 6) is 1.12. The molecule has 1 saturated heterocycles. The Morgan fingerprint density at radius 3 is 2.71 bits per heavy atom. The lowest BCUT2D eigenvalue weighted by Gasteiger charge is -2.33. The number of carbonyl (C=O) groups is 1. The van der Waals surface area contributed by atoms with Gasteiger partial charge in [0, 0.05) is 30.4 Å². The second-order valence-corrected chi connectivity index (χ2v) is 8.10. The van der Waals surface area contributed by atoms with Gasteiger partial charge in [-0.2, -0.15) is 0 Å². The van der Waals surface area contributed by atoms with Gasteiger partial charge in [0.2, 0.25) is 5.91 Å². The molecule has 1 amide bonds. The van der Waals surface area contributed by atoms with Crippen molar-refractivity contribution in [2.24, 2.45) is 5.92 Å². The third-order valence-electron chi connectivity index (χ3n) is 4.74. The van der Waals surface area contributed by atoms with Gasteiger partial charge in [0.25, 0.3) is 0 Å². The zero-order valence-corrected chi connectivity index (χ0v) is 14.7. The highest BCUT2D eigenvalue weighted by Crippen LogP contribution is 2.29. The maximum Gasteiger partial charge on any atom is 0.223 e. The summed E-state index contributed by atoms with van der Waals surface area (Å²) >= 11 is 0. The van der Waals surface area contributed by atoms with E-state index >= 15 is 0 Å². The topological polar surface area (TPSA) is 84.6 Å². The number of aliphatic hydroxyl groups excluding tert-OH is 1. The minimum absolute atomic E-state index is 0.00542. The van der Waals surface area contributed by atoms with Crippen molar-refractivity contribution in [3.63, 3.8) is 0 Å². The van der Waals surface area contributed by atoms with Gasteiger partial charge in [-0.15, -0.1) is 0 Å². The first-order chi connectivity index (χ1) is 11.3. The Labute approximate surface area is 142 Å². The summed E-state index contributed by atoms with van der Waals surface area (Å²) in [7, 11) is 0. The predicted molar refractivity (Wildman–Crippen MR) is 88.5 cm³/mol. The number of hydrogen-bond donors (Lipinski definition) is 2. The van der Waals surface area contributed by atoms with E-state index in [9.17, 15) is 9.90 Å². The van der Waals surface area contributed by atoms with Crippen molar-refractivity contribution in [1.82, 2.24) is 10.5 Å². The predicted octanol–water partition coefficient (Wildman–Crippen LogP) is 1.95. The highest BCUT2D eigenvalue weighted by atomic mass is 16.5. The largest absolute Gasteiger partial charge is 0.390 e. The Balaban J connectivity index is 1.52. The monoisotopic (exact) mass is 336 g/mol. The minimum Gasteiger partial charge on any atom is -0.390 e. The first kappa shape index (κ1) is 17.4. The molecule has 0 radical (unpaired) electrons. The van der Waals surface area contributed by atoms with Crippen molar-refractivity contribution >= 4 is 5.91 Å². The summed E-state index contributed by atoms with van der Waals surface area (Å²) in [5, 5.41) is 17.2. The summed E-state index contributed by atoms with van der Waals surface area (Å²) < 4.78 is 11.4. The van der Waals surface area contributed by atoms with Crippen LogP contribution in [0.1, 0.15) is 57.9 Å². The fourth-order valence-corrected chi connectivity index (χ4v) is 2.97. The van der Waals surface area contributed by atoms with E-state index in [0.29, 0.717) is 19.4 Å². The Hall–Kier alpha value is -1.40. The number of hydrogen-bond acceptors (Lipinski definition) is 5. The van der Waals surface area contributed by atoms with E-state index in [2.05, 4.69) is 31.2 Å². The maximum absolute atomic E-state index is 11.8. The standard InChI is InChI=1S/C18H28N2O4/c1-18(2,3)16-9-12(20-24-16)8-13-6-7-14(21)15(23-13)10-19-17(22)11-4-5-11/h9,11,13-15,21H,4-8,10H2,1-3H3,(H,19,22)/t13-,14-,15+/m0/s1. The van der Waals surface area contributed by atoms with Crippen molar-refractivity contribution in [2.75, 3.05) is 6.54 Å². The molecule has 6 nitrogen and oxygen atoms in total. The summed E-state index contributed by atoms with van der Waals surface area (Å²) in [6, 6.07) is 1.98. The molecule has 6 heteroatoms. The van der Waals surface area contributed by atoms with Crippen molar-refractivity contribution in [3.8, 4) is 0 Å². The van der Waals surface area contributed by atoms with Crippen LogP contribution in [-0.4, -0.2) is 41.0 Å². The molecule has 24 heavy (non-hydrogen) atoms. The summed E-state index contributed by atoms with van der Waals surface area (Å²) in [6.07, 6.45) is 3.21. The smallest absolute Gasteiger partial charge is 0.223 e. The fraction of sp³-hybridized carbons (Fsp3) is 0.778. The fourth-order valence-electron chi connectivity index (χ4n) is 2.97. The average Bonchev–Trinajstić information content (AvgIpc) is 3.26. The number of aliphatic hydroxyl groups is 1. The third kappa shape index (κ3) is 4.36. The second kappa shape index (κ2) is 6.84. The molecule has 2 aliphatic rings. The molecule has 2 N–H and O–H groups in total. The van der Waals surface area contributed by atoms with Crippen LogP contribution in [-0.2, 0) is 21.4 Å². The number of ether oxygens (including phenoxy) is 1. The molecule has 1 aromatic rings. The number of rotatable bonds is 5. The quantitative estimate of drug-likeness (QED) is 0.858. The number of nitrogens with zero attached hydrogens (tertiary/aromatic N) is 1. The second-order valence-electron chi connectivity index (χ2n) is 8.10. The zero-order chi connectivity index (χ0) is 17.3. The van der Waals surface area contributed by atoms with Crippen LogP contribution in [0.15, 0.2) is 10.6 Å². The Morgan fingerprint density at radius 2 is 2.08 bits per heavy atom. The van der Waals surface area contributed by atoms with Crippen LogP contribution in [0.2, 0.25) is 0 Å². The van der Waals surface area contributed by atoms with E-state index in [1.54, 1.807) is 0 Å². The number of aromatic nitrogens is 1. The van der Waals surface area contributed by atoms with E-state index in [1.165, 1.54) is 0 Å². The lowest BCUT2D eigenvalue weighted by Crippen LogP contribution is -2.46. The Kier molecular flexibility index (Phi) is 4.97. The van der Waals surface area contributed by atoms with E-state index in [4.69, 9.17) is 9.26 Å². The van der Waals surface area contributed by atoms with Crippen molar-refractivity contribution in [1.29, 1.82) is 0 Å². The number of nitrogens with one attached hydrogen (secondary N) is 1. The first-order valence-electron chi connectivity index (χ1n) is 8.90. The summed E-state index contributed by atoms with van der Waals surface area (Å²) in [5.41, 5.74) is 0.812. The van der Waals surface area contributed by atoms with Crippen LogP contribution >= 0.6 is 0 Å².